The normalized spacial score (nSPS) is 16.4. The van der Waals surface area contributed by atoms with Crippen molar-refractivity contribution < 1.29 is 13.6 Å². The van der Waals surface area contributed by atoms with E-state index >= 15 is 0 Å². The summed E-state index contributed by atoms with van der Waals surface area (Å²) < 4.78 is 12.7. The lowest BCUT2D eigenvalue weighted by molar-refractivity contribution is -0.130. The summed E-state index contributed by atoms with van der Waals surface area (Å²) in [6, 6.07) is 7.07. The van der Waals surface area contributed by atoms with Crippen molar-refractivity contribution in [2.45, 2.75) is 40.9 Å². The Morgan fingerprint density at radius 2 is 2.00 bits per heavy atom. The summed E-state index contributed by atoms with van der Waals surface area (Å²) in [7, 11) is 0. The van der Waals surface area contributed by atoms with Crippen LogP contribution in [0, 0.1) is 0 Å². The molecule has 10 heteroatoms. The Balaban J connectivity index is 1.41. The molecule has 0 N–H and O–H groups in total. The summed E-state index contributed by atoms with van der Waals surface area (Å²) in [6.07, 6.45) is 6.08. The van der Waals surface area contributed by atoms with Gasteiger partial charge in [-0.3, -0.25) is 4.79 Å². The van der Waals surface area contributed by atoms with Crippen molar-refractivity contribution in [2.24, 2.45) is 5.10 Å². The number of nitrogens with zero attached hydrogens (tertiary/aromatic N) is 4. The first-order valence-electron chi connectivity index (χ1n) is 9.30. The van der Waals surface area contributed by atoms with Crippen molar-refractivity contribution in [3.63, 3.8) is 0 Å². The number of unbranched alkanes of at least 4 members (excludes halogenated alkanes) is 1. The highest BCUT2D eigenvalue weighted by Gasteiger charge is 2.35. The van der Waals surface area contributed by atoms with Crippen molar-refractivity contribution >= 4 is 46.5 Å². The molecule has 3 aromatic heterocycles. The van der Waals surface area contributed by atoms with E-state index in [0.29, 0.717) is 17.9 Å². The Morgan fingerprint density at radius 1 is 1.21 bits per heavy atom. The topological polar surface area (TPSA) is 84.7 Å². The van der Waals surface area contributed by atoms with E-state index in [1.165, 1.54) is 28.1 Å². The van der Waals surface area contributed by atoms with Gasteiger partial charge < -0.3 is 8.83 Å². The lowest BCUT2D eigenvalue weighted by Gasteiger charge is -2.19. The van der Waals surface area contributed by atoms with E-state index in [1.54, 1.807) is 24.3 Å². The predicted octanol–water partition coefficient (Wildman–Crippen LogP) is 5.09. The number of aromatic nitrogens is 2. The number of amides is 1. The molecule has 0 radical (unpaired) electrons. The fraction of sp³-hybridized carbons (Fsp3) is 0.368. The average molecular weight is 449 g/mol. The van der Waals surface area contributed by atoms with E-state index in [1.807, 2.05) is 24.3 Å². The minimum absolute atomic E-state index is 0.103. The highest BCUT2D eigenvalue weighted by Crippen LogP contribution is 2.35. The smallest absolute Gasteiger partial charge is 0.253 e. The molecule has 0 fully saturated rings. The van der Waals surface area contributed by atoms with Crippen molar-refractivity contribution in [2.75, 3.05) is 11.5 Å². The Morgan fingerprint density at radius 3 is 2.72 bits per heavy atom. The van der Waals surface area contributed by atoms with Gasteiger partial charge in [-0.15, -0.1) is 10.2 Å². The molecule has 1 atom stereocenters. The maximum atomic E-state index is 12.9. The van der Waals surface area contributed by atoms with Crippen molar-refractivity contribution in [1.82, 2.24) is 15.2 Å². The fourth-order valence-electron chi connectivity index (χ4n) is 2.84. The Hall–Kier alpha value is -2.04. The molecule has 1 aliphatic heterocycles. The molecule has 3 aromatic rings. The van der Waals surface area contributed by atoms with Gasteiger partial charge in [-0.2, -0.15) is 5.10 Å². The second kappa shape index (κ2) is 9.64. The number of carbonyl (C=O) groups excluding carboxylic acids is 1. The molecular formula is C19H20N4O3S3. The van der Waals surface area contributed by atoms with E-state index in [4.69, 9.17) is 8.83 Å². The number of hydrazone groups is 1. The maximum absolute atomic E-state index is 12.9. The summed E-state index contributed by atoms with van der Waals surface area (Å²) in [5.41, 5.74) is 0.736. The van der Waals surface area contributed by atoms with Crippen molar-refractivity contribution in [3.8, 4) is 0 Å². The van der Waals surface area contributed by atoms with Gasteiger partial charge in [0, 0.05) is 12.2 Å². The molecule has 0 aromatic carbocycles. The second-order valence-electron chi connectivity index (χ2n) is 6.32. The summed E-state index contributed by atoms with van der Waals surface area (Å²) in [5.74, 6) is 2.55. The van der Waals surface area contributed by atoms with Gasteiger partial charge in [0.05, 0.1) is 18.3 Å². The first kappa shape index (κ1) is 20.2. The van der Waals surface area contributed by atoms with Crippen LogP contribution >= 0.6 is 34.9 Å². The predicted molar refractivity (Wildman–Crippen MR) is 114 cm³/mol. The fourth-order valence-corrected chi connectivity index (χ4v) is 5.87. The monoisotopic (exact) mass is 448 g/mol. The lowest BCUT2D eigenvalue weighted by Crippen LogP contribution is -2.28. The van der Waals surface area contributed by atoms with Crippen LogP contribution in [-0.4, -0.2) is 38.3 Å². The van der Waals surface area contributed by atoms with E-state index in [2.05, 4.69) is 22.2 Å². The van der Waals surface area contributed by atoms with Crippen LogP contribution in [0.2, 0.25) is 0 Å². The quantitative estimate of drug-likeness (QED) is 0.333. The highest BCUT2D eigenvalue weighted by atomic mass is 32.2. The van der Waals surface area contributed by atoms with Crippen molar-refractivity contribution in [3.05, 3.63) is 48.3 Å². The van der Waals surface area contributed by atoms with E-state index in [-0.39, 0.29) is 17.7 Å². The Labute approximate surface area is 180 Å². The zero-order valence-corrected chi connectivity index (χ0v) is 18.3. The number of hydrogen-bond acceptors (Lipinski definition) is 9. The third-order valence-corrected chi connectivity index (χ3v) is 7.53. The van der Waals surface area contributed by atoms with Gasteiger partial charge >= 0.3 is 0 Å². The summed E-state index contributed by atoms with van der Waals surface area (Å²) >= 11 is 4.63. The second-order valence-corrected chi connectivity index (χ2v) is 9.86. The molecular weight excluding hydrogens is 428 g/mol. The molecule has 7 nitrogen and oxygen atoms in total. The van der Waals surface area contributed by atoms with Crippen LogP contribution in [-0.2, 0) is 4.79 Å². The summed E-state index contributed by atoms with van der Waals surface area (Å²) in [4.78, 5) is 12.9. The van der Waals surface area contributed by atoms with Crippen LogP contribution in [0.1, 0.15) is 43.7 Å². The average Bonchev–Trinajstić information content (AvgIpc) is 3.52. The molecule has 1 unspecified atom stereocenters. The summed E-state index contributed by atoms with van der Waals surface area (Å²) in [6.45, 7) is 2.17. The standard InChI is InChI=1S/C19H20N4O3S3/c1-2-3-10-27-18-20-21-19(29-18)28-12-17(24)23-14(16-7-5-9-26-16)11-13(22-23)15-6-4-8-25-15/h4-9,14H,2-3,10-12H2,1H3. The zero-order chi connectivity index (χ0) is 20.1. The molecule has 1 aliphatic rings. The zero-order valence-electron chi connectivity index (χ0n) is 15.8. The highest BCUT2D eigenvalue weighted by molar-refractivity contribution is 8.03. The van der Waals surface area contributed by atoms with Gasteiger partial charge in [0.2, 0.25) is 0 Å². The number of thioether (sulfide) groups is 2. The molecule has 1 amide bonds. The minimum Gasteiger partial charge on any atom is -0.467 e. The molecule has 0 bridgehead atoms. The van der Waals surface area contributed by atoms with Crippen LogP contribution in [0.3, 0.4) is 0 Å². The van der Waals surface area contributed by atoms with Crippen LogP contribution < -0.4 is 0 Å². The van der Waals surface area contributed by atoms with E-state index in [0.717, 1.165) is 33.0 Å². The van der Waals surface area contributed by atoms with Crippen LogP contribution in [0.25, 0.3) is 0 Å². The van der Waals surface area contributed by atoms with Gasteiger partial charge in [-0.05, 0) is 30.7 Å². The number of rotatable bonds is 9. The number of carbonyl (C=O) groups is 1. The number of hydrogen-bond donors (Lipinski definition) is 0. The van der Waals surface area contributed by atoms with Gasteiger partial charge in [0.15, 0.2) is 8.68 Å². The first-order chi connectivity index (χ1) is 14.2. The SMILES string of the molecule is CCCCSc1nnc(SCC(=O)N2N=C(c3ccco3)CC2c2ccco2)s1. The number of furan rings is 2. The summed E-state index contributed by atoms with van der Waals surface area (Å²) in [5, 5.41) is 14.4. The molecule has 29 heavy (non-hydrogen) atoms. The minimum atomic E-state index is -0.271. The first-order valence-corrected chi connectivity index (χ1v) is 12.1. The third kappa shape index (κ3) is 4.93. The van der Waals surface area contributed by atoms with Gasteiger partial charge in [-0.25, -0.2) is 5.01 Å². The van der Waals surface area contributed by atoms with Gasteiger partial charge in [0.1, 0.15) is 23.3 Å². The maximum Gasteiger partial charge on any atom is 0.253 e. The molecule has 0 aliphatic carbocycles. The van der Waals surface area contributed by atoms with E-state index in [9.17, 15) is 4.79 Å². The molecule has 152 valence electrons. The van der Waals surface area contributed by atoms with E-state index < -0.39 is 0 Å². The van der Waals surface area contributed by atoms with Gasteiger partial charge in [-0.1, -0.05) is 48.2 Å². The molecule has 4 heterocycles. The van der Waals surface area contributed by atoms with Crippen LogP contribution in [0.4, 0.5) is 0 Å². The van der Waals surface area contributed by atoms with Gasteiger partial charge in [0.25, 0.3) is 5.91 Å². The van der Waals surface area contributed by atoms with Crippen LogP contribution in [0.5, 0.6) is 0 Å². The molecule has 4 rings (SSSR count). The Bertz CT molecular complexity index is 953. The third-order valence-electron chi connectivity index (χ3n) is 4.27. The van der Waals surface area contributed by atoms with Crippen LogP contribution in [0.15, 0.2) is 59.4 Å². The Kier molecular flexibility index (Phi) is 6.73. The molecule has 0 saturated carbocycles. The molecule has 0 spiro atoms. The van der Waals surface area contributed by atoms with Crippen molar-refractivity contribution in [1.29, 1.82) is 0 Å². The molecule has 0 saturated heterocycles. The lowest BCUT2D eigenvalue weighted by atomic mass is 10.1. The largest absolute Gasteiger partial charge is 0.467 e.